The molecule has 1 amide bonds. The highest BCUT2D eigenvalue weighted by molar-refractivity contribution is 7.90. The highest BCUT2D eigenvalue weighted by atomic mass is 32.2. The van der Waals surface area contributed by atoms with Gasteiger partial charge in [0.05, 0.1) is 16.6 Å². The molecule has 2 rings (SSSR count). The van der Waals surface area contributed by atoms with E-state index in [4.69, 9.17) is 5.11 Å². The van der Waals surface area contributed by atoms with Gasteiger partial charge in [0.25, 0.3) is 5.91 Å². The minimum Gasteiger partial charge on any atom is -0.481 e. The van der Waals surface area contributed by atoms with Crippen molar-refractivity contribution in [3.05, 3.63) is 65.7 Å². The molecule has 2 aromatic carbocycles. The van der Waals surface area contributed by atoms with Crippen molar-refractivity contribution >= 4 is 21.7 Å². The maximum atomic E-state index is 12.5. The molecule has 2 N–H and O–H groups in total. The Kier molecular flexibility index (Phi) is 7.12. The summed E-state index contributed by atoms with van der Waals surface area (Å²) in [5.74, 6) is -2.22. The Labute approximate surface area is 159 Å². The highest BCUT2D eigenvalue weighted by Gasteiger charge is 2.19. The third-order valence-electron chi connectivity index (χ3n) is 4.14. The number of benzene rings is 2. The Balaban J connectivity index is 2.08. The number of rotatable bonds is 9. The van der Waals surface area contributed by atoms with Gasteiger partial charge in [-0.05, 0) is 36.2 Å². The van der Waals surface area contributed by atoms with E-state index in [1.165, 1.54) is 18.2 Å². The van der Waals surface area contributed by atoms with Crippen LogP contribution in [0.2, 0.25) is 0 Å². The summed E-state index contributed by atoms with van der Waals surface area (Å²) in [6, 6.07) is 14.5. The molecule has 0 saturated carbocycles. The Bertz CT molecular complexity index is 894. The van der Waals surface area contributed by atoms with Gasteiger partial charge in [-0.25, -0.2) is 8.42 Å². The molecule has 0 spiro atoms. The molecule has 0 aliphatic carbocycles. The first-order valence-corrected chi connectivity index (χ1v) is 10.4. The van der Waals surface area contributed by atoms with Crippen molar-refractivity contribution in [2.24, 2.45) is 5.92 Å². The zero-order valence-corrected chi connectivity index (χ0v) is 15.9. The molecular weight excluding hydrogens is 366 g/mol. The highest BCUT2D eigenvalue weighted by Crippen LogP contribution is 2.17. The zero-order chi connectivity index (χ0) is 19.9. The number of sulfone groups is 1. The summed E-state index contributed by atoms with van der Waals surface area (Å²) in [7, 11) is -3.51. The molecule has 27 heavy (non-hydrogen) atoms. The lowest BCUT2D eigenvalue weighted by Crippen LogP contribution is -2.33. The van der Waals surface area contributed by atoms with Crippen molar-refractivity contribution in [3.8, 4) is 0 Å². The Morgan fingerprint density at radius 3 is 2.41 bits per heavy atom. The molecule has 0 bridgehead atoms. The number of carboxylic acids is 1. The van der Waals surface area contributed by atoms with Crippen molar-refractivity contribution in [2.45, 2.75) is 30.4 Å². The van der Waals surface area contributed by atoms with Crippen LogP contribution in [0.15, 0.2) is 59.5 Å². The minimum absolute atomic E-state index is 0.0363. The average Bonchev–Trinajstić information content (AvgIpc) is 2.65. The summed E-state index contributed by atoms with van der Waals surface area (Å²) in [5, 5.41) is 11.8. The van der Waals surface area contributed by atoms with E-state index in [9.17, 15) is 18.0 Å². The molecule has 0 fully saturated rings. The van der Waals surface area contributed by atoms with E-state index in [1.54, 1.807) is 36.4 Å². The smallest absolute Gasteiger partial charge is 0.308 e. The van der Waals surface area contributed by atoms with Gasteiger partial charge >= 0.3 is 5.97 Å². The largest absolute Gasteiger partial charge is 0.481 e. The SMILES string of the molecule is CCCC(CNC(=O)c1cccc(CS(=O)(=O)c2ccccc2)c1)C(=O)O. The summed E-state index contributed by atoms with van der Waals surface area (Å²) in [4.78, 5) is 23.7. The first-order valence-electron chi connectivity index (χ1n) is 8.71. The molecular formula is C20H23NO5S. The fourth-order valence-corrected chi connectivity index (χ4v) is 4.07. The van der Waals surface area contributed by atoms with E-state index in [-0.39, 0.29) is 17.2 Å². The fourth-order valence-electron chi connectivity index (χ4n) is 2.71. The summed E-state index contributed by atoms with van der Waals surface area (Å²) in [6.45, 7) is 1.92. The van der Waals surface area contributed by atoms with E-state index < -0.39 is 27.6 Å². The second kappa shape index (κ2) is 9.32. The van der Waals surface area contributed by atoms with Crippen LogP contribution in [0.25, 0.3) is 0 Å². The molecule has 1 unspecified atom stereocenters. The monoisotopic (exact) mass is 389 g/mol. The summed E-state index contributed by atoms with van der Waals surface area (Å²) >= 11 is 0. The van der Waals surface area contributed by atoms with Crippen LogP contribution >= 0.6 is 0 Å². The molecule has 1 atom stereocenters. The summed E-state index contributed by atoms with van der Waals surface area (Å²) in [6.07, 6.45) is 1.19. The quantitative estimate of drug-likeness (QED) is 0.687. The van der Waals surface area contributed by atoms with E-state index in [0.717, 1.165) is 0 Å². The first kappa shape index (κ1) is 20.6. The Morgan fingerprint density at radius 1 is 1.07 bits per heavy atom. The molecule has 0 aliphatic heterocycles. The van der Waals surface area contributed by atoms with Crippen LogP contribution in [0.5, 0.6) is 0 Å². The van der Waals surface area contributed by atoms with Crippen LogP contribution in [-0.4, -0.2) is 31.9 Å². The van der Waals surface area contributed by atoms with E-state index in [2.05, 4.69) is 5.32 Å². The van der Waals surface area contributed by atoms with Gasteiger partial charge in [0.2, 0.25) is 0 Å². The predicted octanol–water partition coefficient (Wildman–Crippen LogP) is 2.89. The second-order valence-electron chi connectivity index (χ2n) is 6.31. The first-order chi connectivity index (χ1) is 12.8. The van der Waals surface area contributed by atoms with Crippen LogP contribution in [0, 0.1) is 5.92 Å². The lowest BCUT2D eigenvalue weighted by Gasteiger charge is -2.13. The number of aliphatic carboxylic acids is 1. The van der Waals surface area contributed by atoms with E-state index in [1.807, 2.05) is 6.92 Å². The van der Waals surface area contributed by atoms with Gasteiger partial charge in [0, 0.05) is 12.1 Å². The van der Waals surface area contributed by atoms with Crippen molar-refractivity contribution in [1.82, 2.24) is 5.32 Å². The van der Waals surface area contributed by atoms with Crippen molar-refractivity contribution in [2.75, 3.05) is 6.54 Å². The lowest BCUT2D eigenvalue weighted by molar-refractivity contribution is -0.141. The maximum absolute atomic E-state index is 12.5. The molecule has 0 radical (unpaired) electrons. The number of amides is 1. The molecule has 144 valence electrons. The molecule has 2 aromatic rings. The molecule has 0 aliphatic rings. The number of nitrogens with one attached hydrogen (secondary N) is 1. The molecule has 0 aromatic heterocycles. The molecule has 6 nitrogen and oxygen atoms in total. The third kappa shape index (κ3) is 5.92. The lowest BCUT2D eigenvalue weighted by atomic mass is 10.0. The Hall–Kier alpha value is -2.67. The number of carboxylic acid groups (broad SMARTS) is 1. The van der Waals surface area contributed by atoms with Gasteiger partial charge in [-0.3, -0.25) is 9.59 Å². The predicted molar refractivity (Wildman–Crippen MR) is 102 cm³/mol. The van der Waals surface area contributed by atoms with Crippen molar-refractivity contribution < 1.29 is 23.1 Å². The van der Waals surface area contributed by atoms with Gasteiger partial charge in [0.15, 0.2) is 9.84 Å². The summed E-state index contributed by atoms with van der Waals surface area (Å²) < 4.78 is 25.0. The number of carbonyl (C=O) groups excluding carboxylic acids is 1. The fraction of sp³-hybridized carbons (Fsp3) is 0.300. The van der Waals surface area contributed by atoms with Crippen LogP contribution in [0.4, 0.5) is 0 Å². The van der Waals surface area contributed by atoms with Gasteiger partial charge in [-0.2, -0.15) is 0 Å². The van der Waals surface area contributed by atoms with Crippen LogP contribution < -0.4 is 5.32 Å². The van der Waals surface area contributed by atoms with Crippen molar-refractivity contribution in [3.63, 3.8) is 0 Å². The maximum Gasteiger partial charge on any atom is 0.308 e. The molecule has 0 saturated heterocycles. The van der Waals surface area contributed by atoms with E-state index >= 15 is 0 Å². The van der Waals surface area contributed by atoms with Gasteiger partial charge < -0.3 is 10.4 Å². The number of hydrogen-bond acceptors (Lipinski definition) is 4. The summed E-state index contributed by atoms with van der Waals surface area (Å²) in [5.41, 5.74) is 0.797. The van der Waals surface area contributed by atoms with Gasteiger partial charge in [0.1, 0.15) is 0 Å². The second-order valence-corrected chi connectivity index (χ2v) is 8.30. The average molecular weight is 389 g/mol. The van der Waals surface area contributed by atoms with E-state index in [0.29, 0.717) is 24.0 Å². The molecule has 7 heteroatoms. The topological polar surface area (TPSA) is 101 Å². The normalized spacial score (nSPS) is 12.3. The zero-order valence-electron chi connectivity index (χ0n) is 15.1. The van der Waals surface area contributed by atoms with Crippen LogP contribution in [-0.2, 0) is 20.4 Å². The van der Waals surface area contributed by atoms with Gasteiger partial charge in [-0.15, -0.1) is 0 Å². The standard InChI is InChI=1S/C20H23NO5S/c1-2-7-17(20(23)24)13-21-19(22)16-9-6-8-15(12-16)14-27(25,26)18-10-4-3-5-11-18/h3-6,8-12,17H,2,7,13-14H2,1H3,(H,21,22)(H,23,24). The third-order valence-corrected chi connectivity index (χ3v) is 5.85. The number of carbonyl (C=O) groups is 2. The van der Waals surface area contributed by atoms with Gasteiger partial charge in [-0.1, -0.05) is 43.7 Å². The molecule has 0 heterocycles. The van der Waals surface area contributed by atoms with Crippen molar-refractivity contribution in [1.29, 1.82) is 0 Å². The van der Waals surface area contributed by atoms with Crippen LogP contribution in [0.1, 0.15) is 35.7 Å². The van der Waals surface area contributed by atoms with Crippen LogP contribution in [0.3, 0.4) is 0 Å². The minimum atomic E-state index is -3.51. The number of hydrogen-bond donors (Lipinski definition) is 2. The Morgan fingerprint density at radius 2 is 1.78 bits per heavy atom.